The van der Waals surface area contributed by atoms with Crippen LogP contribution in [0.5, 0.6) is 0 Å². The van der Waals surface area contributed by atoms with Crippen LogP contribution in [0.3, 0.4) is 0 Å². The van der Waals surface area contributed by atoms with E-state index in [0.29, 0.717) is 26.2 Å². The van der Waals surface area contributed by atoms with Gasteiger partial charge in [0.15, 0.2) is 5.82 Å². The normalized spacial score (nSPS) is 11.6. The second kappa shape index (κ2) is 7.57. The van der Waals surface area contributed by atoms with Gasteiger partial charge in [-0.2, -0.15) is 14.9 Å². The summed E-state index contributed by atoms with van der Waals surface area (Å²) in [7, 11) is 0. The van der Waals surface area contributed by atoms with Crippen molar-refractivity contribution < 1.29 is 0 Å². The van der Waals surface area contributed by atoms with E-state index >= 15 is 0 Å². The largest absolute Gasteiger partial charge is 0.250 e. The van der Waals surface area contributed by atoms with Crippen molar-refractivity contribution in [3.05, 3.63) is 75.0 Å². The summed E-state index contributed by atoms with van der Waals surface area (Å²) in [5.41, 5.74) is 1.78. The van der Waals surface area contributed by atoms with Gasteiger partial charge in [-0.3, -0.25) is 0 Å². The number of allylic oxidation sites excluding steroid dienone is 1. The fraction of sp³-hybridized carbons (Fsp3) is 0. The molecule has 3 aromatic rings. The van der Waals surface area contributed by atoms with Crippen molar-refractivity contribution in [3.8, 4) is 11.4 Å². The lowest BCUT2D eigenvalue weighted by Crippen LogP contribution is -1.94. The highest BCUT2D eigenvalue weighted by atomic mass is 35.5. The Morgan fingerprint density at radius 2 is 1.92 bits per heavy atom. The highest BCUT2D eigenvalue weighted by Gasteiger charge is 2.11. The lowest BCUT2D eigenvalue weighted by atomic mass is 10.2. The first kappa shape index (κ1) is 16.6. The zero-order valence-corrected chi connectivity index (χ0v) is 14.7. The second-order valence-electron chi connectivity index (χ2n) is 4.82. The number of nitrogens with zero attached hydrogens (tertiary/aromatic N) is 3. The maximum atomic E-state index is 6.24. The molecule has 0 saturated carbocycles. The molecule has 0 aliphatic heterocycles. The summed E-state index contributed by atoms with van der Waals surface area (Å²) in [5, 5.41) is 12.3. The summed E-state index contributed by atoms with van der Waals surface area (Å²) >= 11 is 17.4. The van der Waals surface area contributed by atoms with E-state index in [2.05, 4.69) is 15.3 Å². The van der Waals surface area contributed by atoms with E-state index in [1.54, 1.807) is 24.4 Å². The van der Waals surface area contributed by atoms with Crippen molar-refractivity contribution in [1.29, 1.82) is 0 Å². The molecular formula is C17H12Cl2N4S. The number of aromatic amines is 1. The number of hydrogen-bond donors (Lipinski definition) is 1. The Kier molecular flexibility index (Phi) is 5.25. The first-order valence-corrected chi connectivity index (χ1v) is 8.20. The van der Waals surface area contributed by atoms with Crippen LogP contribution in [-0.2, 0) is 0 Å². The minimum absolute atomic E-state index is 0.375. The van der Waals surface area contributed by atoms with Gasteiger partial charge >= 0.3 is 0 Å². The third-order valence-electron chi connectivity index (χ3n) is 3.18. The van der Waals surface area contributed by atoms with E-state index in [4.69, 9.17) is 35.4 Å². The molecule has 4 nitrogen and oxygen atoms in total. The van der Waals surface area contributed by atoms with Crippen LogP contribution in [0.2, 0.25) is 10.0 Å². The number of halogens is 2. The molecule has 1 heterocycles. The summed E-state index contributed by atoms with van der Waals surface area (Å²) in [6.07, 6.45) is 5.42. The molecule has 1 aromatic heterocycles. The molecule has 0 aliphatic carbocycles. The molecule has 0 spiro atoms. The van der Waals surface area contributed by atoms with Crippen LogP contribution < -0.4 is 0 Å². The monoisotopic (exact) mass is 374 g/mol. The third kappa shape index (κ3) is 3.82. The Morgan fingerprint density at radius 1 is 1.12 bits per heavy atom. The third-order valence-corrected chi connectivity index (χ3v) is 3.99. The highest BCUT2D eigenvalue weighted by Crippen LogP contribution is 2.29. The fourth-order valence-electron chi connectivity index (χ4n) is 2.07. The van der Waals surface area contributed by atoms with Gasteiger partial charge in [-0.25, -0.2) is 5.10 Å². The Morgan fingerprint density at radius 3 is 2.67 bits per heavy atom. The molecule has 1 N–H and O–H groups in total. The summed E-state index contributed by atoms with van der Waals surface area (Å²) in [5.74, 6) is 0.519. The van der Waals surface area contributed by atoms with E-state index in [0.717, 1.165) is 5.56 Å². The molecule has 2 aromatic carbocycles. The molecule has 120 valence electrons. The van der Waals surface area contributed by atoms with Crippen molar-refractivity contribution in [2.45, 2.75) is 0 Å². The lowest BCUT2D eigenvalue weighted by Gasteiger charge is -2.03. The molecule has 0 aliphatic rings. The van der Waals surface area contributed by atoms with E-state index < -0.39 is 0 Å². The average Bonchev–Trinajstić information content (AvgIpc) is 2.93. The van der Waals surface area contributed by atoms with Crippen LogP contribution >= 0.6 is 35.4 Å². The Bertz CT molecular complexity index is 958. The topological polar surface area (TPSA) is 46.0 Å². The van der Waals surface area contributed by atoms with E-state index in [-0.39, 0.29) is 0 Å². The zero-order valence-electron chi connectivity index (χ0n) is 12.4. The summed E-state index contributed by atoms with van der Waals surface area (Å²) in [6.45, 7) is 0. The number of aromatic nitrogens is 3. The average molecular weight is 375 g/mol. The predicted octanol–water partition coefficient (Wildman–Crippen LogP) is 5.46. The van der Waals surface area contributed by atoms with Gasteiger partial charge in [-0.15, -0.1) is 0 Å². The number of rotatable bonds is 4. The van der Waals surface area contributed by atoms with Crippen molar-refractivity contribution in [1.82, 2.24) is 14.9 Å². The summed E-state index contributed by atoms with van der Waals surface area (Å²) < 4.78 is 1.89. The summed E-state index contributed by atoms with van der Waals surface area (Å²) in [4.78, 5) is 0. The van der Waals surface area contributed by atoms with Crippen molar-refractivity contribution >= 4 is 47.7 Å². The van der Waals surface area contributed by atoms with Crippen molar-refractivity contribution in [2.24, 2.45) is 5.10 Å². The van der Waals surface area contributed by atoms with Crippen molar-refractivity contribution in [2.75, 3.05) is 0 Å². The maximum absolute atomic E-state index is 6.24. The van der Waals surface area contributed by atoms with E-state index in [1.807, 2.05) is 42.5 Å². The molecule has 0 saturated heterocycles. The van der Waals surface area contributed by atoms with Crippen LogP contribution in [0.1, 0.15) is 5.56 Å². The van der Waals surface area contributed by atoms with Gasteiger partial charge in [0.2, 0.25) is 4.77 Å². The SMILES string of the molecule is S=c1[nH]nc(-c2ccc(Cl)cc2Cl)n1N=CC=Cc1ccccc1. The molecule has 3 rings (SSSR count). The summed E-state index contributed by atoms with van der Waals surface area (Å²) in [6, 6.07) is 15.1. The van der Waals surface area contributed by atoms with E-state index in [9.17, 15) is 0 Å². The zero-order chi connectivity index (χ0) is 16.9. The Balaban J connectivity index is 1.89. The smallest absolute Gasteiger partial charge is 0.216 e. The van der Waals surface area contributed by atoms with Gasteiger partial charge in [0.1, 0.15) is 0 Å². The minimum Gasteiger partial charge on any atom is -0.250 e. The molecule has 24 heavy (non-hydrogen) atoms. The van der Waals surface area contributed by atoms with E-state index in [1.165, 1.54) is 4.68 Å². The molecule has 0 amide bonds. The molecule has 7 heteroatoms. The van der Waals surface area contributed by atoms with Crippen molar-refractivity contribution in [3.63, 3.8) is 0 Å². The minimum atomic E-state index is 0.375. The molecule has 0 fully saturated rings. The number of hydrogen-bond acceptors (Lipinski definition) is 3. The van der Waals surface area contributed by atoms with Gasteiger partial charge in [-0.05, 0) is 42.1 Å². The van der Waals surface area contributed by atoms with Gasteiger partial charge in [0.25, 0.3) is 0 Å². The van der Waals surface area contributed by atoms with Gasteiger partial charge in [-0.1, -0.05) is 59.6 Å². The standard InChI is InChI=1S/C17H12Cl2N4S/c18-13-8-9-14(15(19)11-13)16-21-22-17(24)23(16)20-10-4-7-12-5-2-1-3-6-12/h1-11H,(H,22,24). The molecule has 0 unspecified atom stereocenters. The second-order valence-corrected chi connectivity index (χ2v) is 6.05. The van der Waals surface area contributed by atoms with Gasteiger partial charge in [0.05, 0.1) is 5.02 Å². The van der Waals surface area contributed by atoms with Gasteiger partial charge < -0.3 is 0 Å². The van der Waals surface area contributed by atoms with Crippen LogP contribution in [0.15, 0.2) is 59.7 Å². The highest BCUT2D eigenvalue weighted by molar-refractivity contribution is 7.71. The lowest BCUT2D eigenvalue weighted by molar-refractivity contribution is 0.872. The molecular weight excluding hydrogens is 363 g/mol. The van der Waals surface area contributed by atoms with Crippen LogP contribution in [0.25, 0.3) is 17.5 Å². The quantitative estimate of drug-likeness (QED) is 0.486. The first-order chi connectivity index (χ1) is 11.6. The number of nitrogens with one attached hydrogen (secondary N) is 1. The molecule has 0 radical (unpaired) electrons. The first-order valence-electron chi connectivity index (χ1n) is 7.04. The Hall–Kier alpha value is -2.21. The van der Waals surface area contributed by atoms with Gasteiger partial charge in [0, 0.05) is 16.8 Å². The molecule has 0 atom stereocenters. The predicted molar refractivity (Wildman–Crippen MR) is 102 cm³/mol. The van der Waals surface area contributed by atoms with Crippen LogP contribution in [0, 0.1) is 4.77 Å². The number of H-pyrrole nitrogens is 1. The number of benzene rings is 2. The fourth-order valence-corrected chi connectivity index (χ4v) is 2.74. The molecule has 0 bridgehead atoms. The Labute approximate surface area is 154 Å². The van der Waals surface area contributed by atoms with Crippen LogP contribution in [-0.4, -0.2) is 21.1 Å². The maximum Gasteiger partial charge on any atom is 0.216 e. The van der Waals surface area contributed by atoms with Crippen LogP contribution in [0.4, 0.5) is 0 Å².